The summed E-state index contributed by atoms with van der Waals surface area (Å²) in [4.78, 5) is 10.6. The van der Waals surface area contributed by atoms with Crippen LogP contribution in [-0.4, -0.2) is 11.1 Å². The Bertz CT molecular complexity index is 380. The van der Waals surface area contributed by atoms with Crippen LogP contribution >= 0.6 is 0 Å². The van der Waals surface area contributed by atoms with E-state index >= 15 is 0 Å². The predicted molar refractivity (Wildman–Crippen MR) is 63.7 cm³/mol. The van der Waals surface area contributed by atoms with E-state index in [1.54, 1.807) is 0 Å². The number of carbonyl (C=O) groups is 1. The van der Waals surface area contributed by atoms with Gasteiger partial charge in [-0.25, -0.2) is 0 Å². The molecule has 1 atom stereocenters. The maximum absolute atomic E-state index is 10.6. The molecule has 4 heteroatoms. The highest BCUT2D eigenvalue weighted by Crippen LogP contribution is 2.34. The number of hydrogen-bond donors (Lipinski definition) is 2. The molecular weight excluding hydrogens is 218 g/mol. The fourth-order valence-corrected chi connectivity index (χ4v) is 2.46. The van der Waals surface area contributed by atoms with Crippen LogP contribution in [0, 0.1) is 0 Å². The van der Waals surface area contributed by atoms with Crippen LogP contribution in [0.25, 0.3) is 0 Å². The van der Waals surface area contributed by atoms with Gasteiger partial charge < -0.3 is 15.3 Å². The molecule has 1 heterocycles. The number of hydrogen-bond acceptors (Lipinski definition) is 3. The molecule has 0 bridgehead atoms. The Kier molecular flexibility index (Phi) is 3.84. The minimum atomic E-state index is -0.895. The number of rotatable bonds is 4. The summed E-state index contributed by atoms with van der Waals surface area (Å²) in [5, 5.41) is 8.68. The topological polar surface area (TPSA) is 76.5 Å². The predicted octanol–water partition coefficient (Wildman–Crippen LogP) is 2.80. The van der Waals surface area contributed by atoms with Gasteiger partial charge in [-0.15, -0.1) is 0 Å². The molecule has 2 rings (SSSR count). The molecular formula is C13H19NO3. The first-order valence-electron chi connectivity index (χ1n) is 6.24. The summed E-state index contributed by atoms with van der Waals surface area (Å²) in [6.07, 6.45) is 6.06. The Morgan fingerprint density at radius 3 is 2.76 bits per heavy atom. The Balaban J connectivity index is 2.01. The SMILES string of the molecule is NC(CC(=O)O)c1ccc(C2CCCCC2)o1. The summed E-state index contributed by atoms with van der Waals surface area (Å²) >= 11 is 0. The van der Waals surface area contributed by atoms with E-state index in [0.29, 0.717) is 11.7 Å². The Morgan fingerprint density at radius 1 is 1.41 bits per heavy atom. The molecule has 0 amide bonds. The molecule has 0 radical (unpaired) electrons. The lowest BCUT2D eigenvalue weighted by atomic mass is 9.88. The average Bonchev–Trinajstić information content (AvgIpc) is 2.78. The van der Waals surface area contributed by atoms with Gasteiger partial charge in [0.25, 0.3) is 0 Å². The van der Waals surface area contributed by atoms with Crippen LogP contribution in [0.4, 0.5) is 0 Å². The van der Waals surface area contributed by atoms with E-state index in [4.69, 9.17) is 15.3 Å². The molecule has 0 spiro atoms. The van der Waals surface area contributed by atoms with Crippen molar-refractivity contribution in [2.75, 3.05) is 0 Å². The van der Waals surface area contributed by atoms with Crippen LogP contribution in [0.1, 0.15) is 62.0 Å². The molecule has 1 fully saturated rings. The summed E-state index contributed by atoms with van der Waals surface area (Å²) in [5.41, 5.74) is 5.76. The number of carboxylic acid groups (broad SMARTS) is 1. The van der Waals surface area contributed by atoms with Gasteiger partial charge in [0, 0.05) is 5.92 Å². The van der Waals surface area contributed by atoms with Crippen molar-refractivity contribution in [3.63, 3.8) is 0 Å². The van der Waals surface area contributed by atoms with Gasteiger partial charge in [-0.1, -0.05) is 19.3 Å². The first-order valence-corrected chi connectivity index (χ1v) is 6.24. The van der Waals surface area contributed by atoms with E-state index in [0.717, 1.165) is 5.76 Å². The molecule has 1 unspecified atom stereocenters. The number of nitrogens with two attached hydrogens (primary N) is 1. The molecule has 1 aliphatic rings. The fourth-order valence-electron chi connectivity index (χ4n) is 2.46. The highest BCUT2D eigenvalue weighted by atomic mass is 16.4. The van der Waals surface area contributed by atoms with Gasteiger partial charge in [-0.3, -0.25) is 4.79 Å². The van der Waals surface area contributed by atoms with Crippen LogP contribution in [0.15, 0.2) is 16.5 Å². The molecule has 0 aliphatic heterocycles. The summed E-state index contributed by atoms with van der Waals surface area (Å²) in [6, 6.07) is 3.23. The van der Waals surface area contributed by atoms with Crippen LogP contribution in [0.2, 0.25) is 0 Å². The number of furan rings is 1. The van der Waals surface area contributed by atoms with E-state index in [2.05, 4.69) is 0 Å². The summed E-state index contributed by atoms with van der Waals surface area (Å²) in [7, 11) is 0. The molecule has 4 nitrogen and oxygen atoms in total. The third-order valence-corrected chi connectivity index (χ3v) is 3.42. The van der Waals surface area contributed by atoms with Gasteiger partial charge in [0.05, 0.1) is 12.5 Å². The maximum atomic E-state index is 10.6. The maximum Gasteiger partial charge on any atom is 0.305 e. The second-order valence-corrected chi connectivity index (χ2v) is 4.78. The second-order valence-electron chi connectivity index (χ2n) is 4.78. The Morgan fingerprint density at radius 2 is 2.12 bits per heavy atom. The van der Waals surface area contributed by atoms with E-state index in [1.807, 2.05) is 12.1 Å². The lowest BCUT2D eigenvalue weighted by Gasteiger charge is -2.19. The van der Waals surface area contributed by atoms with Crippen molar-refractivity contribution >= 4 is 5.97 Å². The van der Waals surface area contributed by atoms with Crippen LogP contribution in [0.5, 0.6) is 0 Å². The van der Waals surface area contributed by atoms with Crippen LogP contribution in [0.3, 0.4) is 0 Å². The molecule has 1 aliphatic carbocycles. The van der Waals surface area contributed by atoms with Crippen molar-refractivity contribution in [3.05, 3.63) is 23.7 Å². The first-order chi connectivity index (χ1) is 8.16. The molecule has 3 N–H and O–H groups in total. The minimum absolute atomic E-state index is 0.0857. The van der Waals surface area contributed by atoms with Crippen molar-refractivity contribution < 1.29 is 14.3 Å². The quantitative estimate of drug-likeness (QED) is 0.844. The van der Waals surface area contributed by atoms with Gasteiger partial charge >= 0.3 is 5.97 Å². The zero-order valence-corrected chi connectivity index (χ0v) is 9.89. The zero-order valence-electron chi connectivity index (χ0n) is 9.89. The normalized spacial score (nSPS) is 19.1. The molecule has 1 aromatic heterocycles. The van der Waals surface area contributed by atoms with Gasteiger partial charge in [-0.05, 0) is 25.0 Å². The van der Waals surface area contributed by atoms with E-state index < -0.39 is 12.0 Å². The zero-order chi connectivity index (χ0) is 12.3. The third-order valence-electron chi connectivity index (χ3n) is 3.42. The molecule has 94 valence electrons. The average molecular weight is 237 g/mol. The number of aliphatic carboxylic acids is 1. The molecule has 1 aromatic rings. The lowest BCUT2D eigenvalue weighted by Crippen LogP contribution is -2.14. The molecule has 0 aromatic carbocycles. The summed E-state index contributed by atoms with van der Waals surface area (Å²) < 4.78 is 5.70. The van der Waals surface area contributed by atoms with Crippen molar-refractivity contribution in [1.29, 1.82) is 0 Å². The Labute approximate surface area is 101 Å². The molecule has 1 saturated carbocycles. The van der Waals surface area contributed by atoms with Crippen molar-refractivity contribution in [1.82, 2.24) is 0 Å². The van der Waals surface area contributed by atoms with Gasteiger partial charge in [0.15, 0.2) is 0 Å². The lowest BCUT2D eigenvalue weighted by molar-refractivity contribution is -0.137. The third kappa shape index (κ3) is 3.09. The van der Waals surface area contributed by atoms with Crippen molar-refractivity contribution in [2.24, 2.45) is 5.73 Å². The van der Waals surface area contributed by atoms with E-state index in [9.17, 15) is 4.79 Å². The summed E-state index contributed by atoms with van der Waals surface area (Å²) in [5.74, 6) is 1.16. The van der Waals surface area contributed by atoms with Gasteiger partial charge in [0.2, 0.25) is 0 Å². The second kappa shape index (κ2) is 5.36. The smallest absolute Gasteiger partial charge is 0.305 e. The monoisotopic (exact) mass is 237 g/mol. The van der Waals surface area contributed by atoms with Crippen molar-refractivity contribution in [3.8, 4) is 0 Å². The van der Waals surface area contributed by atoms with Crippen LogP contribution in [-0.2, 0) is 4.79 Å². The summed E-state index contributed by atoms with van der Waals surface area (Å²) in [6.45, 7) is 0. The Hall–Kier alpha value is -1.29. The van der Waals surface area contributed by atoms with Gasteiger partial charge in [0.1, 0.15) is 11.5 Å². The van der Waals surface area contributed by atoms with E-state index in [1.165, 1.54) is 32.1 Å². The first kappa shape index (κ1) is 12.2. The van der Waals surface area contributed by atoms with E-state index in [-0.39, 0.29) is 6.42 Å². The molecule has 17 heavy (non-hydrogen) atoms. The highest BCUT2D eigenvalue weighted by molar-refractivity contribution is 5.67. The van der Waals surface area contributed by atoms with Crippen molar-refractivity contribution in [2.45, 2.75) is 50.5 Å². The largest absolute Gasteiger partial charge is 0.481 e. The molecule has 0 saturated heterocycles. The standard InChI is InChI=1S/C13H19NO3/c14-10(8-13(15)16)12-7-6-11(17-12)9-4-2-1-3-5-9/h6-7,9-10H,1-5,8,14H2,(H,15,16). The highest BCUT2D eigenvalue weighted by Gasteiger charge is 2.21. The van der Waals surface area contributed by atoms with Crippen LogP contribution < -0.4 is 5.73 Å². The van der Waals surface area contributed by atoms with Gasteiger partial charge in [-0.2, -0.15) is 0 Å². The number of carboxylic acids is 1. The fraction of sp³-hybridized carbons (Fsp3) is 0.615. The minimum Gasteiger partial charge on any atom is -0.481 e.